The van der Waals surface area contributed by atoms with Gasteiger partial charge in [0.15, 0.2) is 0 Å². The van der Waals surface area contributed by atoms with Crippen molar-refractivity contribution in [1.82, 2.24) is 14.3 Å². The van der Waals surface area contributed by atoms with E-state index in [2.05, 4.69) is 54.0 Å². The van der Waals surface area contributed by atoms with E-state index in [4.69, 9.17) is 11.6 Å². The maximum atomic E-state index is 6.40. The highest BCUT2D eigenvalue weighted by atomic mass is 35.5. The topological polar surface area (TPSA) is 22.8 Å². The Balaban J connectivity index is 2.08. The molecule has 0 radical (unpaired) electrons. The first-order chi connectivity index (χ1) is 9.61. The summed E-state index contributed by atoms with van der Waals surface area (Å²) in [4.78, 5) is 0. The first-order valence-electron chi connectivity index (χ1n) is 6.88. The van der Waals surface area contributed by atoms with Gasteiger partial charge in [-0.15, -0.1) is 0 Å². The van der Waals surface area contributed by atoms with E-state index in [-0.39, 0.29) is 0 Å². The molecule has 0 aliphatic heterocycles. The highest BCUT2D eigenvalue weighted by Gasteiger charge is 2.14. The van der Waals surface area contributed by atoms with Crippen molar-refractivity contribution in [3.05, 3.63) is 52.4 Å². The average Bonchev–Trinajstić information content (AvgIpc) is 2.96. The van der Waals surface area contributed by atoms with Gasteiger partial charge >= 0.3 is 0 Å². The third-order valence-electron chi connectivity index (χ3n) is 3.80. The Labute approximate surface area is 123 Å². The first kappa shape index (κ1) is 13.3. The molecule has 0 aliphatic carbocycles. The standard InChI is InChI=1S/C16H18ClN3/c1-4-20-15(16(17)12(3)18-20)10-19-9-8-13-11(2)6-5-7-14(13)19/h5-9H,4,10H2,1-3H3. The van der Waals surface area contributed by atoms with Crippen molar-refractivity contribution in [2.24, 2.45) is 0 Å². The fraction of sp³-hybridized carbons (Fsp3) is 0.312. The van der Waals surface area contributed by atoms with Crippen LogP contribution in [0.1, 0.15) is 23.9 Å². The Morgan fingerprint density at radius 1 is 1.20 bits per heavy atom. The molecule has 3 nitrogen and oxygen atoms in total. The SMILES string of the molecule is CCn1nc(C)c(Cl)c1Cn1ccc2c(C)cccc21. The quantitative estimate of drug-likeness (QED) is 0.709. The molecule has 3 aromatic rings. The number of aryl methyl sites for hydroxylation is 3. The Hall–Kier alpha value is -1.74. The highest BCUT2D eigenvalue weighted by molar-refractivity contribution is 6.31. The fourth-order valence-electron chi connectivity index (χ4n) is 2.70. The van der Waals surface area contributed by atoms with Crippen molar-refractivity contribution in [3.8, 4) is 0 Å². The van der Waals surface area contributed by atoms with Crippen LogP contribution >= 0.6 is 11.6 Å². The summed E-state index contributed by atoms with van der Waals surface area (Å²) in [6.07, 6.45) is 2.12. The van der Waals surface area contributed by atoms with E-state index in [9.17, 15) is 0 Å². The molecule has 0 N–H and O–H groups in total. The van der Waals surface area contributed by atoms with Crippen LogP contribution in [-0.2, 0) is 13.1 Å². The van der Waals surface area contributed by atoms with Crippen LogP contribution in [0.15, 0.2) is 30.5 Å². The minimum Gasteiger partial charge on any atom is -0.341 e. The molecule has 0 fully saturated rings. The predicted octanol–water partition coefficient (Wildman–Crippen LogP) is 4.18. The molecule has 20 heavy (non-hydrogen) atoms. The number of hydrogen-bond donors (Lipinski definition) is 0. The smallest absolute Gasteiger partial charge is 0.0865 e. The molecule has 3 rings (SSSR count). The Kier molecular flexibility index (Phi) is 3.30. The zero-order valence-corrected chi connectivity index (χ0v) is 12.8. The third kappa shape index (κ3) is 2.02. The number of rotatable bonds is 3. The second-order valence-electron chi connectivity index (χ2n) is 5.11. The molecule has 0 amide bonds. The van der Waals surface area contributed by atoms with E-state index in [1.807, 2.05) is 11.6 Å². The van der Waals surface area contributed by atoms with Gasteiger partial charge in [-0.3, -0.25) is 4.68 Å². The third-order valence-corrected chi connectivity index (χ3v) is 4.30. The van der Waals surface area contributed by atoms with Gasteiger partial charge in [-0.1, -0.05) is 23.7 Å². The maximum absolute atomic E-state index is 6.40. The van der Waals surface area contributed by atoms with Crippen LogP contribution in [-0.4, -0.2) is 14.3 Å². The molecule has 1 aromatic carbocycles. The van der Waals surface area contributed by atoms with Gasteiger partial charge in [0.25, 0.3) is 0 Å². The zero-order chi connectivity index (χ0) is 14.3. The Morgan fingerprint density at radius 3 is 2.75 bits per heavy atom. The lowest BCUT2D eigenvalue weighted by Crippen LogP contribution is -2.07. The largest absolute Gasteiger partial charge is 0.341 e. The van der Waals surface area contributed by atoms with Crippen LogP contribution in [0.3, 0.4) is 0 Å². The van der Waals surface area contributed by atoms with Gasteiger partial charge in [0, 0.05) is 23.6 Å². The van der Waals surface area contributed by atoms with E-state index >= 15 is 0 Å². The van der Waals surface area contributed by atoms with Crippen LogP contribution < -0.4 is 0 Å². The van der Waals surface area contributed by atoms with Crippen LogP contribution in [0, 0.1) is 13.8 Å². The number of fused-ring (bicyclic) bond motifs is 1. The highest BCUT2D eigenvalue weighted by Crippen LogP contribution is 2.25. The molecular formula is C16H18ClN3. The van der Waals surface area contributed by atoms with Gasteiger partial charge in [0.05, 0.1) is 23.0 Å². The van der Waals surface area contributed by atoms with Crippen molar-refractivity contribution in [3.63, 3.8) is 0 Å². The van der Waals surface area contributed by atoms with Crippen LogP contribution in [0.2, 0.25) is 5.02 Å². The predicted molar refractivity (Wildman–Crippen MR) is 83.4 cm³/mol. The van der Waals surface area contributed by atoms with Gasteiger partial charge in [-0.2, -0.15) is 5.10 Å². The molecule has 4 heteroatoms. The summed E-state index contributed by atoms with van der Waals surface area (Å²) in [6.45, 7) is 7.77. The number of nitrogens with zero attached hydrogens (tertiary/aromatic N) is 3. The second kappa shape index (κ2) is 4.98. The second-order valence-corrected chi connectivity index (χ2v) is 5.49. The molecule has 0 atom stereocenters. The number of benzene rings is 1. The van der Waals surface area contributed by atoms with Crippen LogP contribution in [0.5, 0.6) is 0 Å². The number of hydrogen-bond acceptors (Lipinski definition) is 1. The van der Waals surface area contributed by atoms with Crippen molar-refractivity contribution in [1.29, 1.82) is 0 Å². The van der Waals surface area contributed by atoms with E-state index in [1.54, 1.807) is 0 Å². The van der Waals surface area contributed by atoms with E-state index in [1.165, 1.54) is 16.5 Å². The summed E-state index contributed by atoms with van der Waals surface area (Å²) in [5, 5.41) is 6.55. The monoisotopic (exact) mass is 287 g/mol. The summed E-state index contributed by atoms with van der Waals surface area (Å²) in [7, 11) is 0. The molecule has 0 spiro atoms. The van der Waals surface area contributed by atoms with Gasteiger partial charge in [0.1, 0.15) is 0 Å². The molecule has 0 bridgehead atoms. The van der Waals surface area contributed by atoms with Crippen molar-refractivity contribution in [2.45, 2.75) is 33.9 Å². The molecule has 0 aliphatic rings. The van der Waals surface area contributed by atoms with E-state index < -0.39 is 0 Å². The molecular weight excluding hydrogens is 270 g/mol. The van der Waals surface area contributed by atoms with Crippen molar-refractivity contribution >= 4 is 22.5 Å². The molecule has 104 valence electrons. The zero-order valence-electron chi connectivity index (χ0n) is 12.0. The molecule has 2 aromatic heterocycles. The number of aromatic nitrogens is 3. The summed E-state index contributed by atoms with van der Waals surface area (Å²) >= 11 is 6.40. The van der Waals surface area contributed by atoms with Crippen LogP contribution in [0.25, 0.3) is 10.9 Å². The van der Waals surface area contributed by atoms with E-state index in [0.717, 1.165) is 29.5 Å². The van der Waals surface area contributed by atoms with Gasteiger partial charge < -0.3 is 4.57 Å². The number of halogens is 1. The first-order valence-corrected chi connectivity index (χ1v) is 7.26. The fourth-order valence-corrected chi connectivity index (χ4v) is 2.89. The van der Waals surface area contributed by atoms with Crippen molar-refractivity contribution in [2.75, 3.05) is 0 Å². The van der Waals surface area contributed by atoms with Crippen molar-refractivity contribution < 1.29 is 0 Å². The lowest BCUT2D eigenvalue weighted by atomic mass is 10.1. The lowest BCUT2D eigenvalue weighted by molar-refractivity contribution is 0.602. The Bertz CT molecular complexity index is 767. The van der Waals surface area contributed by atoms with Gasteiger partial charge in [-0.25, -0.2) is 0 Å². The summed E-state index contributed by atoms with van der Waals surface area (Å²) < 4.78 is 4.22. The van der Waals surface area contributed by atoms with E-state index in [0.29, 0.717) is 0 Å². The normalized spacial score (nSPS) is 11.4. The van der Waals surface area contributed by atoms with Gasteiger partial charge in [-0.05, 0) is 38.5 Å². The maximum Gasteiger partial charge on any atom is 0.0865 e. The molecule has 0 saturated carbocycles. The van der Waals surface area contributed by atoms with Gasteiger partial charge in [0.2, 0.25) is 0 Å². The average molecular weight is 288 g/mol. The minimum atomic E-state index is 0.750. The van der Waals surface area contributed by atoms with Crippen LogP contribution in [0.4, 0.5) is 0 Å². The Morgan fingerprint density at radius 2 is 2.00 bits per heavy atom. The molecule has 0 saturated heterocycles. The lowest BCUT2D eigenvalue weighted by Gasteiger charge is -2.08. The summed E-state index contributed by atoms with van der Waals surface area (Å²) in [5.74, 6) is 0. The minimum absolute atomic E-state index is 0.750. The molecule has 2 heterocycles. The summed E-state index contributed by atoms with van der Waals surface area (Å²) in [5.41, 5.74) is 4.51. The molecule has 0 unspecified atom stereocenters. The summed E-state index contributed by atoms with van der Waals surface area (Å²) in [6, 6.07) is 8.55.